The largest absolute Gasteiger partial charge is 0.327 e. The highest BCUT2D eigenvalue weighted by Gasteiger charge is 2.25. The Kier molecular flexibility index (Phi) is 6.02. The molecule has 0 saturated carbocycles. The molecular weight excluding hydrogens is 311 g/mol. The fourth-order valence-electron chi connectivity index (χ4n) is 2.47. The van der Waals surface area contributed by atoms with Gasteiger partial charge in [0, 0.05) is 29.1 Å². The molecule has 96 valence electrons. The van der Waals surface area contributed by atoms with Gasteiger partial charge in [0.05, 0.1) is 0 Å². The quantitative estimate of drug-likeness (QED) is 0.633. The van der Waals surface area contributed by atoms with Gasteiger partial charge in [-0.1, -0.05) is 42.9 Å². The van der Waals surface area contributed by atoms with Crippen LogP contribution in [0.5, 0.6) is 0 Å². The number of hydrogen-bond acceptors (Lipinski definition) is 2. The van der Waals surface area contributed by atoms with Crippen molar-refractivity contribution >= 4 is 22.6 Å². The third-order valence-electron chi connectivity index (χ3n) is 3.62. The van der Waals surface area contributed by atoms with E-state index in [-0.39, 0.29) is 0 Å². The summed E-state index contributed by atoms with van der Waals surface area (Å²) in [4.78, 5) is 2.59. The van der Waals surface area contributed by atoms with Crippen LogP contribution in [0.2, 0.25) is 0 Å². The Labute approximate surface area is 114 Å². The van der Waals surface area contributed by atoms with Crippen LogP contribution in [0.4, 0.5) is 0 Å². The van der Waals surface area contributed by atoms with Crippen molar-refractivity contribution in [3.05, 3.63) is 0 Å². The first-order chi connectivity index (χ1) is 7.43. The van der Waals surface area contributed by atoms with Gasteiger partial charge in [0.15, 0.2) is 0 Å². The first kappa shape index (κ1) is 14.7. The van der Waals surface area contributed by atoms with Crippen molar-refractivity contribution in [2.75, 3.05) is 19.6 Å². The van der Waals surface area contributed by atoms with E-state index in [0.717, 1.165) is 12.5 Å². The van der Waals surface area contributed by atoms with Crippen LogP contribution in [0.25, 0.3) is 0 Å². The average molecular weight is 338 g/mol. The summed E-state index contributed by atoms with van der Waals surface area (Å²) in [7, 11) is 0. The van der Waals surface area contributed by atoms with Gasteiger partial charge in [-0.2, -0.15) is 0 Å². The highest BCUT2D eigenvalue weighted by Crippen LogP contribution is 2.25. The molecule has 1 aliphatic heterocycles. The molecule has 1 heterocycles. The van der Waals surface area contributed by atoms with Crippen molar-refractivity contribution in [2.45, 2.75) is 55.9 Å². The Hall–Kier alpha value is 0.650. The van der Waals surface area contributed by atoms with E-state index in [9.17, 15) is 0 Å². The molecule has 0 aromatic rings. The molecular formula is C13H27IN2. The predicted molar refractivity (Wildman–Crippen MR) is 80.1 cm³/mol. The van der Waals surface area contributed by atoms with Gasteiger partial charge in [0.1, 0.15) is 0 Å². The second-order valence-corrected chi connectivity index (χ2v) is 8.36. The van der Waals surface area contributed by atoms with Gasteiger partial charge >= 0.3 is 0 Å². The predicted octanol–water partition coefficient (Wildman–Crippen LogP) is 3.04. The lowest BCUT2D eigenvalue weighted by Gasteiger charge is -2.35. The topological polar surface area (TPSA) is 29.3 Å². The van der Waals surface area contributed by atoms with E-state index in [1.165, 1.54) is 38.8 Å². The lowest BCUT2D eigenvalue weighted by molar-refractivity contribution is 0.184. The lowest BCUT2D eigenvalue weighted by atomic mass is 9.96. The van der Waals surface area contributed by atoms with Crippen LogP contribution in [-0.4, -0.2) is 34.0 Å². The van der Waals surface area contributed by atoms with Gasteiger partial charge in [0.25, 0.3) is 0 Å². The molecule has 0 aromatic heterocycles. The second-order valence-electron chi connectivity index (χ2n) is 5.76. The van der Waals surface area contributed by atoms with E-state index in [2.05, 4.69) is 48.3 Å². The van der Waals surface area contributed by atoms with Crippen LogP contribution in [0.3, 0.4) is 0 Å². The van der Waals surface area contributed by atoms with Crippen molar-refractivity contribution in [3.8, 4) is 0 Å². The van der Waals surface area contributed by atoms with Crippen molar-refractivity contribution < 1.29 is 0 Å². The number of hydrogen-bond donors (Lipinski definition) is 1. The molecule has 0 radical (unpaired) electrons. The molecule has 2 unspecified atom stereocenters. The van der Waals surface area contributed by atoms with Gasteiger partial charge in [0.2, 0.25) is 0 Å². The van der Waals surface area contributed by atoms with Crippen LogP contribution < -0.4 is 5.73 Å². The number of alkyl halides is 1. The number of rotatable bonds is 3. The van der Waals surface area contributed by atoms with E-state index in [4.69, 9.17) is 5.73 Å². The first-order valence-electron chi connectivity index (χ1n) is 6.60. The maximum atomic E-state index is 6.16. The summed E-state index contributed by atoms with van der Waals surface area (Å²) in [6.07, 6.45) is 5.08. The molecule has 16 heavy (non-hydrogen) atoms. The summed E-state index contributed by atoms with van der Waals surface area (Å²) in [5.74, 6) is 0.830. The minimum atomic E-state index is 0.386. The number of halogens is 1. The normalized spacial score (nSPS) is 32.8. The van der Waals surface area contributed by atoms with E-state index >= 15 is 0 Å². The molecule has 0 aromatic carbocycles. The number of nitrogens with zero attached hydrogens (tertiary/aromatic N) is 1. The molecule has 2 nitrogen and oxygen atoms in total. The molecule has 1 saturated heterocycles. The fourth-order valence-corrected chi connectivity index (χ4v) is 2.95. The van der Waals surface area contributed by atoms with Crippen LogP contribution in [0.15, 0.2) is 0 Å². The molecule has 0 bridgehead atoms. The summed E-state index contributed by atoms with van der Waals surface area (Å²) in [5.41, 5.74) is 6.16. The number of nitrogens with two attached hydrogens (primary N) is 1. The summed E-state index contributed by atoms with van der Waals surface area (Å²) in [6, 6.07) is 0.386. The summed E-state index contributed by atoms with van der Waals surface area (Å²) >= 11 is 2.60. The molecule has 1 fully saturated rings. The molecule has 2 N–H and O–H groups in total. The molecule has 1 aliphatic rings. The van der Waals surface area contributed by atoms with Crippen molar-refractivity contribution in [3.63, 3.8) is 0 Å². The Morgan fingerprint density at radius 1 is 1.38 bits per heavy atom. The third kappa shape index (κ3) is 5.32. The first-order valence-corrected chi connectivity index (χ1v) is 7.67. The summed E-state index contributed by atoms with van der Waals surface area (Å²) in [5, 5.41) is 0. The molecule has 3 heteroatoms. The van der Waals surface area contributed by atoms with Crippen LogP contribution >= 0.6 is 22.6 Å². The maximum absolute atomic E-state index is 6.16. The monoisotopic (exact) mass is 338 g/mol. The average Bonchev–Trinajstić information content (AvgIpc) is 2.14. The Morgan fingerprint density at radius 3 is 2.69 bits per heavy atom. The zero-order valence-corrected chi connectivity index (χ0v) is 13.2. The smallest absolute Gasteiger partial charge is 0.0318 e. The molecule has 3 atom stereocenters. The van der Waals surface area contributed by atoms with Gasteiger partial charge in [-0.15, -0.1) is 0 Å². The SMILES string of the molecule is CCC(C)(I)CN1CC(N)CCC[C@H](C)C1. The molecule has 0 aliphatic carbocycles. The fraction of sp³-hybridized carbons (Fsp3) is 1.00. The Balaban J connectivity index is 2.53. The lowest BCUT2D eigenvalue weighted by Crippen LogP contribution is -2.46. The standard InChI is InChI=1S/C13H27IN2/c1-4-13(3,14)10-16-8-11(2)6-5-7-12(15)9-16/h11-12H,4-10,15H2,1-3H3/t11-,12?,13?/m0/s1. The highest BCUT2D eigenvalue weighted by atomic mass is 127. The minimum Gasteiger partial charge on any atom is -0.327 e. The van der Waals surface area contributed by atoms with Gasteiger partial charge in [-0.05, 0) is 32.1 Å². The Morgan fingerprint density at radius 2 is 2.06 bits per heavy atom. The number of likely N-dealkylation sites (tertiary alicyclic amines) is 1. The van der Waals surface area contributed by atoms with Crippen molar-refractivity contribution in [1.82, 2.24) is 4.90 Å². The highest BCUT2D eigenvalue weighted by molar-refractivity contribution is 14.1. The zero-order chi connectivity index (χ0) is 12.2. The molecule has 0 spiro atoms. The second kappa shape index (κ2) is 6.55. The van der Waals surface area contributed by atoms with Gasteiger partial charge in [-0.25, -0.2) is 0 Å². The van der Waals surface area contributed by atoms with Gasteiger partial charge < -0.3 is 10.6 Å². The van der Waals surface area contributed by atoms with E-state index < -0.39 is 0 Å². The van der Waals surface area contributed by atoms with Crippen LogP contribution in [-0.2, 0) is 0 Å². The summed E-state index contributed by atoms with van der Waals surface area (Å²) in [6.45, 7) is 10.5. The van der Waals surface area contributed by atoms with E-state index in [1.54, 1.807) is 0 Å². The van der Waals surface area contributed by atoms with Crippen molar-refractivity contribution in [1.29, 1.82) is 0 Å². The summed E-state index contributed by atoms with van der Waals surface area (Å²) < 4.78 is 0.399. The molecule has 1 rings (SSSR count). The Bertz CT molecular complexity index is 194. The third-order valence-corrected chi connectivity index (χ3v) is 4.73. The van der Waals surface area contributed by atoms with E-state index in [1.807, 2.05) is 0 Å². The van der Waals surface area contributed by atoms with Crippen LogP contribution in [0, 0.1) is 5.92 Å². The zero-order valence-electron chi connectivity index (χ0n) is 11.0. The van der Waals surface area contributed by atoms with Crippen LogP contribution in [0.1, 0.15) is 46.5 Å². The minimum absolute atomic E-state index is 0.386. The maximum Gasteiger partial charge on any atom is 0.0318 e. The van der Waals surface area contributed by atoms with E-state index in [0.29, 0.717) is 9.46 Å². The van der Waals surface area contributed by atoms with Gasteiger partial charge in [-0.3, -0.25) is 0 Å². The van der Waals surface area contributed by atoms with Crippen molar-refractivity contribution in [2.24, 2.45) is 11.7 Å². The molecule has 0 amide bonds.